The summed E-state index contributed by atoms with van der Waals surface area (Å²) in [7, 11) is 0. The molecule has 1 atom stereocenters. The lowest BCUT2D eigenvalue weighted by Gasteiger charge is -2.24. The number of ether oxygens (including phenoxy) is 2. The van der Waals surface area contributed by atoms with Crippen molar-refractivity contribution in [3.8, 4) is 11.5 Å². The number of nitrogens with two attached hydrogens (primary N) is 1. The molecule has 0 amide bonds. The predicted octanol–water partition coefficient (Wildman–Crippen LogP) is 1.66. The van der Waals surface area contributed by atoms with Gasteiger partial charge in [0, 0.05) is 6.42 Å². The minimum atomic E-state index is -1.41. The monoisotopic (exact) mass is 366 g/mol. The first-order valence-electron chi connectivity index (χ1n) is 8.27. The minimum Gasteiger partial charge on any atom is -0.480 e. The molecule has 1 aromatic rings. The summed E-state index contributed by atoms with van der Waals surface area (Å²) in [6, 6.07) is 4.53. The zero-order chi connectivity index (χ0) is 20.1. The van der Waals surface area contributed by atoms with Gasteiger partial charge in [-0.25, -0.2) is 5.43 Å². The molecular weight excluding hydrogens is 340 g/mol. The number of hydrogen-bond donors (Lipinski definition) is 3. The second-order valence-corrected chi connectivity index (χ2v) is 6.89. The van der Waals surface area contributed by atoms with Crippen LogP contribution in [0.3, 0.4) is 0 Å². The number of rotatable bonds is 8. The fourth-order valence-corrected chi connectivity index (χ4v) is 1.88. The number of aliphatic carboxylic acids is 1. The summed E-state index contributed by atoms with van der Waals surface area (Å²) in [5, 5.41) is 9.32. The van der Waals surface area contributed by atoms with Gasteiger partial charge < -0.3 is 14.6 Å². The largest absolute Gasteiger partial charge is 0.480 e. The van der Waals surface area contributed by atoms with Crippen molar-refractivity contribution in [1.82, 2.24) is 5.43 Å². The molecule has 0 heterocycles. The van der Waals surface area contributed by atoms with Crippen LogP contribution in [-0.4, -0.2) is 28.6 Å². The summed E-state index contributed by atoms with van der Waals surface area (Å²) in [4.78, 5) is 35.2. The van der Waals surface area contributed by atoms with Gasteiger partial charge in [0.05, 0.1) is 11.8 Å². The number of carboxylic acids is 1. The van der Waals surface area contributed by atoms with Crippen LogP contribution in [0.25, 0.3) is 0 Å². The summed E-state index contributed by atoms with van der Waals surface area (Å²) < 4.78 is 10.6. The van der Waals surface area contributed by atoms with Gasteiger partial charge in [0.2, 0.25) is 0 Å². The molecule has 0 saturated heterocycles. The summed E-state index contributed by atoms with van der Waals surface area (Å²) >= 11 is 0. The average molecular weight is 366 g/mol. The molecule has 0 aliphatic carbocycles. The second kappa shape index (κ2) is 8.77. The summed E-state index contributed by atoms with van der Waals surface area (Å²) in [6.07, 6.45) is 0.0312. The molecule has 1 aromatic carbocycles. The van der Waals surface area contributed by atoms with Crippen LogP contribution >= 0.6 is 0 Å². The Bertz CT molecular complexity index is 686. The van der Waals surface area contributed by atoms with Gasteiger partial charge in [0.25, 0.3) is 0 Å². The lowest BCUT2D eigenvalue weighted by atomic mass is 9.93. The molecule has 8 nitrogen and oxygen atoms in total. The summed E-state index contributed by atoms with van der Waals surface area (Å²) in [5.41, 5.74) is 1.41. The third kappa shape index (κ3) is 5.53. The van der Waals surface area contributed by atoms with Crippen LogP contribution in [0.4, 0.5) is 0 Å². The van der Waals surface area contributed by atoms with Gasteiger partial charge in [0.1, 0.15) is 5.54 Å². The van der Waals surface area contributed by atoms with Crippen molar-refractivity contribution in [2.45, 2.75) is 46.6 Å². The molecule has 0 fully saturated rings. The third-order valence-electron chi connectivity index (χ3n) is 3.72. The highest BCUT2D eigenvalue weighted by molar-refractivity contribution is 5.79. The van der Waals surface area contributed by atoms with Crippen molar-refractivity contribution in [2.24, 2.45) is 17.7 Å². The molecule has 0 aliphatic rings. The smallest absolute Gasteiger partial charge is 0.325 e. The van der Waals surface area contributed by atoms with Crippen LogP contribution in [0.1, 0.15) is 40.2 Å². The van der Waals surface area contributed by atoms with E-state index in [-0.39, 0.29) is 29.8 Å². The number of hydrogen-bond acceptors (Lipinski definition) is 7. The number of carbonyl (C=O) groups is 3. The average Bonchev–Trinajstić information content (AvgIpc) is 2.56. The molecule has 1 rings (SSSR count). The highest BCUT2D eigenvalue weighted by atomic mass is 16.6. The van der Waals surface area contributed by atoms with Gasteiger partial charge >= 0.3 is 17.9 Å². The Balaban J connectivity index is 3.22. The number of nitrogens with one attached hydrogen (secondary N) is 1. The van der Waals surface area contributed by atoms with Crippen LogP contribution in [0.15, 0.2) is 18.2 Å². The van der Waals surface area contributed by atoms with E-state index in [0.717, 1.165) is 0 Å². The van der Waals surface area contributed by atoms with E-state index in [0.29, 0.717) is 5.56 Å². The zero-order valence-electron chi connectivity index (χ0n) is 15.7. The number of esters is 2. The van der Waals surface area contributed by atoms with Gasteiger partial charge in [-0.2, -0.15) is 0 Å². The van der Waals surface area contributed by atoms with E-state index in [4.69, 9.17) is 15.3 Å². The van der Waals surface area contributed by atoms with Crippen LogP contribution in [0.2, 0.25) is 0 Å². The first-order valence-corrected chi connectivity index (χ1v) is 8.27. The van der Waals surface area contributed by atoms with E-state index in [1.54, 1.807) is 33.8 Å². The maximum atomic E-state index is 12.0. The number of hydrazine groups is 1. The fourth-order valence-electron chi connectivity index (χ4n) is 1.88. The molecule has 0 spiro atoms. The van der Waals surface area contributed by atoms with Crippen LogP contribution in [-0.2, 0) is 20.8 Å². The molecule has 4 N–H and O–H groups in total. The Morgan fingerprint density at radius 1 is 1.08 bits per heavy atom. The Kier molecular flexibility index (Phi) is 7.29. The summed E-state index contributed by atoms with van der Waals surface area (Å²) in [5.74, 6) is 2.66. The summed E-state index contributed by atoms with van der Waals surface area (Å²) in [6.45, 7) is 8.14. The van der Waals surface area contributed by atoms with Gasteiger partial charge in [-0.05, 0) is 24.6 Å². The normalized spacial score (nSPS) is 13.4. The molecule has 0 bridgehead atoms. The van der Waals surface area contributed by atoms with E-state index in [1.165, 1.54) is 19.1 Å². The number of benzene rings is 1. The third-order valence-corrected chi connectivity index (χ3v) is 3.72. The maximum absolute atomic E-state index is 12.0. The minimum absolute atomic E-state index is 0.0312. The van der Waals surface area contributed by atoms with Crippen LogP contribution in [0.5, 0.6) is 11.5 Å². The van der Waals surface area contributed by atoms with Gasteiger partial charge in [0.15, 0.2) is 11.5 Å². The van der Waals surface area contributed by atoms with Crippen molar-refractivity contribution < 1.29 is 29.0 Å². The Hall–Kier alpha value is -2.45. The van der Waals surface area contributed by atoms with E-state index in [2.05, 4.69) is 5.43 Å². The van der Waals surface area contributed by atoms with Crippen molar-refractivity contribution in [3.63, 3.8) is 0 Å². The molecule has 8 heteroatoms. The topological polar surface area (TPSA) is 128 Å². The highest BCUT2D eigenvalue weighted by Crippen LogP contribution is 2.31. The van der Waals surface area contributed by atoms with E-state index in [9.17, 15) is 19.5 Å². The van der Waals surface area contributed by atoms with Crippen molar-refractivity contribution in [3.05, 3.63) is 23.8 Å². The van der Waals surface area contributed by atoms with Crippen LogP contribution < -0.4 is 20.7 Å². The predicted molar refractivity (Wildman–Crippen MR) is 94.5 cm³/mol. The lowest BCUT2D eigenvalue weighted by Crippen LogP contribution is -2.54. The second-order valence-electron chi connectivity index (χ2n) is 6.89. The van der Waals surface area contributed by atoms with E-state index in [1.807, 2.05) is 0 Å². The quantitative estimate of drug-likeness (QED) is 0.274. The maximum Gasteiger partial charge on any atom is 0.325 e. The molecule has 0 saturated carbocycles. The van der Waals surface area contributed by atoms with Gasteiger partial charge in [-0.3, -0.25) is 20.2 Å². The number of carboxylic acid groups (broad SMARTS) is 1. The Morgan fingerprint density at radius 2 is 1.58 bits per heavy atom. The van der Waals surface area contributed by atoms with Crippen molar-refractivity contribution in [2.75, 3.05) is 0 Å². The Labute approximate surface area is 152 Å². The van der Waals surface area contributed by atoms with Crippen LogP contribution in [0, 0.1) is 11.8 Å². The van der Waals surface area contributed by atoms with E-state index >= 15 is 0 Å². The molecule has 0 unspecified atom stereocenters. The molecule has 0 aliphatic heterocycles. The SMILES string of the molecule is CC(C)C(=O)Oc1ccc(C[C@](C)(NN)C(=O)O)cc1OC(=O)C(C)C. The molecule has 26 heavy (non-hydrogen) atoms. The van der Waals surface area contributed by atoms with E-state index < -0.39 is 23.4 Å². The lowest BCUT2D eigenvalue weighted by molar-refractivity contribution is -0.144. The standard InChI is InChI=1S/C18H26N2O6/c1-10(2)15(21)25-13-7-6-12(9-18(5,20-19)17(23)24)8-14(13)26-16(22)11(3)4/h6-8,10-11,20H,9,19H2,1-5H3,(H,23,24)/t18-/m0/s1. The first kappa shape index (κ1) is 21.6. The zero-order valence-corrected chi connectivity index (χ0v) is 15.7. The molecule has 144 valence electrons. The van der Waals surface area contributed by atoms with Crippen molar-refractivity contribution >= 4 is 17.9 Å². The molecule has 0 radical (unpaired) electrons. The highest BCUT2D eigenvalue weighted by Gasteiger charge is 2.32. The van der Waals surface area contributed by atoms with Gasteiger partial charge in [-0.15, -0.1) is 0 Å². The fraction of sp³-hybridized carbons (Fsp3) is 0.500. The first-order chi connectivity index (χ1) is 12.0. The number of carbonyl (C=O) groups excluding carboxylic acids is 2. The van der Waals surface area contributed by atoms with Gasteiger partial charge in [-0.1, -0.05) is 33.8 Å². The Morgan fingerprint density at radius 3 is 2.00 bits per heavy atom. The molecular formula is C18H26N2O6. The molecule has 0 aromatic heterocycles. The van der Waals surface area contributed by atoms with Crippen molar-refractivity contribution in [1.29, 1.82) is 0 Å².